The number of hydrogen-bond acceptors (Lipinski definition) is 3. The van der Waals surface area contributed by atoms with Crippen molar-refractivity contribution in [1.82, 2.24) is 15.3 Å². The number of rotatable bonds is 5. The van der Waals surface area contributed by atoms with Gasteiger partial charge in [-0.15, -0.1) is 0 Å². The van der Waals surface area contributed by atoms with Crippen LogP contribution in [0.2, 0.25) is 10.0 Å². The fourth-order valence-electron chi connectivity index (χ4n) is 1.92. The van der Waals surface area contributed by atoms with Gasteiger partial charge >= 0.3 is 0 Å². The minimum Gasteiger partial charge on any atom is -0.362 e. The summed E-state index contributed by atoms with van der Waals surface area (Å²) in [6, 6.07) is 5.60. The quantitative estimate of drug-likeness (QED) is 0.798. The summed E-state index contributed by atoms with van der Waals surface area (Å²) in [7, 11) is 0. The lowest BCUT2D eigenvalue weighted by atomic mass is 10.2. The van der Waals surface area contributed by atoms with Crippen LogP contribution >= 0.6 is 35.4 Å². The number of halogens is 2. The van der Waals surface area contributed by atoms with Gasteiger partial charge in [0.1, 0.15) is 5.82 Å². The van der Waals surface area contributed by atoms with Crippen molar-refractivity contribution < 1.29 is 0 Å². The minimum absolute atomic E-state index is 0.489. The van der Waals surface area contributed by atoms with Crippen molar-refractivity contribution in [2.75, 3.05) is 11.9 Å². The SMILES string of the molecule is CCc1cccnc1NC(=S)NCCc1nccc(Cl)c1Cl. The molecule has 0 aliphatic carbocycles. The molecule has 0 radical (unpaired) electrons. The zero-order chi connectivity index (χ0) is 15.9. The van der Waals surface area contributed by atoms with Crippen LogP contribution in [0.4, 0.5) is 5.82 Å². The highest BCUT2D eigenvalue weighted by Crippen LogP contribution is 2.23. The lowest BCUT2D eigenvalue weighted by Gasteiger charge is -2.12. The molecule has 2 heterocycles. The molecule has 0 unspecified atom stereocenters. The van der Waals surface area contributed by atoms with Crippen molar-refractivity contribution in [3.05, 3.63) is 51.9 Å². The maximum Gasteiger partial charge on any atom is 0.171 e. The average molecular weight is 355 g/mol. The number of aromatic nitrogens is 2. The van der Waals surface area contributed by atoms with Crippen molar-refractivity contribution in [2.45, 2.75) is 19.8 Å². The summed E-state index contributed by atoms with van der Waals surface area (Å²) in [5.41, 5.74) is 1.86. The van der Waals surface area contributed by atoms with E-state index in [1.807, 2.05) is 12.1 Å². The van der Waals surface area contributed by atoms with Crippen LogP contribution in [0, 0.1) is 0 Å². The summed E-state index contributed by atoms with van der Waals surface area (Å²) in [5.74, 6) is 0.779. The van der Waals surface area contributed by atoms with Gasteiger partial charge in [0.05, 0.1) is 15.7 Å². The van der Waals surface area contributed by atoms with E-state index in [-0.39, 0.29) is 0 Å². The van der Waals surface area contributed by atoms with E-state index in [0.29, 0.717) is 28.1 Å². The number of aryl methyl sites for hydroxylation is 1. The number of nitrogens with one attached hydrogen (secondary N) is 2. The predicted molar refractivity (Wildman–Crippen MR) is 95.8 cm³/mol. The Hall–Kier alpha value is -1.43. The summed E-state index contributed by atoms with van der Waals surface area (Å²) < 4.78 is 0. The zero-order valence-electron chi connectivity index (χ0n) is 12.1. The summed E-state index contributed by atoms with van der Waals surface area (Å²) in [6.45, 7) is 2.68. The highest BCUT2D eigenvalue weighted by atomic mass is 35.5. The van der Waals surface area contributed by atoms with Crippen LogP contribution in [0.3, 0.4) is 0 Å². The molecule has 2 aromatic heterocycles. The van der Waals surface area contributed by atoms with E-state index in [4.69, 9.17) is 35.4 Å². The molecule has 0 atom stereocenters. The molecular formula is C15H16Cl2N4S. The third-order valence-corrected chi connectivity index (χ3v) is 4.15. The number of pyridine rings is 2. The van der Waals surface area contributed by atoms with E-state index in [2.05, 4.69) is 27.5 Å². The van der Waals surface area contributed by atoms with Crippen LogP contribution in [-0.4, -0.2) is 21.6 Å². The van der Waals surface area contributed by atoms with Gasteiger partial charge in [-0.3, -0.25) is 4.98 Å². The van der Waals surface area contributed by atoms with Gasteiger partial charge in [0.25, 0.3) is 0 Å². The second kappa shape index (κ2) is 8.27. The maximum absolute atomic E-state index is 6.10. The lowest BCUT2D eigenvalue weighted by molar-refractivity contribution is 0.847. The van der Waals surface area contributed by atoms with Gasteiger partial charge in [-0.1, -0.05) is 36.2 Å². The molecule has 116 valence electrons. The highest BCUT2D eigenvalue weighted by molar-refractivity contribution is 7.80. The predicted octanol–water partition coefficient (Wildman–Crippen LogP) is 3.87. The Balaban J connectivity index is 1.87. The monoisotopic (exact) mass is 354 g/mol. The number of hydrogen-bond donors (Lipinski definition) is 2. The summed E-state index contributed by atoms with van der Waals surface area (Å²) in [5, 5.41) is 7.74. The Morgan fingerprint density at radius 3 is 2.82 bits per heavy atom. The number of thiocarbonyl (C=S) groups is 1. The van der Waals surface area contributed by atoms with Gasteiger partial charge < -0.3 is 10.6 Å². The fourth-order valence-corrected chi connectivity index (χ4v) is 2.49. The first-order valence-electron chi connectivity index (χ1n) is 6.89. The van der Waals surface area contributed by atoms with Crippen molar-refractivity contribution >= 4 is 46.4 Å². The Labute approximate surface area is 145 Å². The molecule has 22 heavy (non-hydrogen) atoms. The number of anilines is 1. The Morgan fingerprint density at radius 2 is 2.05 bits per heavy atom. The first-order chi connectivity index (χ1) is 10.6. The van der Waals surface area contributed by atoms with Crippen molar-refractivity contribution in [3.63, 3.8) is 0 Å². The molecule has 0 fully saturated rings. The van der Waals surface area contributed by atoms with Crippen LogP contribution in [0.5, 0.6) is 0 Å². The van der Waals surface area contributed by atoms with Gasteiger partial charge in [-0.2, -0.15) is 0 Å². The molecule has 7 heteroatoms. The van der Waals surface area contributed by atoms with E-state index < -0.39 is 0 Å². The molecule has 0 aliphatic rings. The molecule has 2 aromatic rings. The van der Waals surface area contributed by atoms with E-state index in [1.54, 1.807) is 18.5 Å². The zero-order valence-corrected chi connectivity index (χ0v) is 14.4. The van der Waals surface area contributed by atoms with Crippen molar-refractivity contribution in [1.29, 1.82) is 0 Å². The highest BCUT2D eigenvalue weighted by Gasteiger charge is 2.07. The molecule has 4 nitrogen and oxygen atoms in total. The Bertz CT molecular complexity index is 664. The largest absolute Gasteiger partial charge is 0.362 e. The first-order valence-corrected chi connectivity index (χ1v) is 8.05. The van der Waals surface area contributed by atoms with Gasteiger partial charge in [0.2, 0.25) is 0 Å². The summed E-state index contributed by atoms with van der Waals surface area (Å²) >= 11 is 17.3. The maximum atomic E-state index is 6.10. The normalized spacial score (nSPS) is 10.3. The van der Waals surface area contributed by atoms with E-state index in [9.17, 15) is 0 Å². The second-order valence-corrected chi connectivity index (χ2v) is 5.74. The molecule has 0 saturated heterocycles. The fraction of sp³-hybridized carbons (Fsp3) is 0.267. The van der Waals surface area contributed by atoms with Crippen molar-refractivity contribution in [3.8, 4) is 0 Å². The van der Waals surface area contributed by atoms with Crippen LogP contribution in [0.15, 0.2) is 30.6 Å². The lowest BCUT2D eigenvalue weighted by Crippen LogP contribution is -2.31. The summed E-state index contributed by atoms with van der Waals surface area (Å²) in [6.07, 6.45) is 4.90. The Morgan fingerprint density at radius 1 is 1.23 bits per heavy atom. The van der Waals surface area contributed by atoms with Gasteiger partial charge in [-0.05, 0) is 36.3 Å². The standard InChI is InChI=1S/C15H16Cl2N4S/c1-2-10-4-3-7-19-14(10)21-15(22)20-9-6-12-13(17)11(16)5-8-18-12/h3-5,7-8H,2,6,9H2,1H3,(H2,19,20,21,22). The van der Waals surface area contributed by atoms with E-state index in [1.165, 1.54) is 0 Å². The van der Waals surface area contributed by atoms with Gasteiger partial charge in [0.15, 0.2) is 5.11 Å². The molecule has 0 saturated carbocycles. The summed E-state index contributed by atoms with van der Waals surface area (Å²) in [4.78, 5) is 8.51. The molecule has 2 rings (SSSR count). The van der Waals surface area contributed by atoms with Crippen LogP contribution in [0.1, 0.15) is 18.2 Å². The number of nitrogens with zero attached hydrogens (tertiary/aromatic N) is 2. The van der Waals surface area contributed by atoms with Gasteiger partial charge in [0, 0.05) is 25.4 Å². The molecule has 2 N–H and O–H groups in total. The first kappa shape index (κ1) is 16.9. The van der Waals surface area contributed by atoms with E-state index >= 15 is 0 Å². The molecule has 0 aromatic carbocycles. The van der Waals surface area contributed by atoms with Crippen LogP contribution in [0.25, 0.3) is 0 Å². The third-order valence-electron chi connectivity index (χ3n) is 3.07. The molecule has 0 aliphatic heterocycles. The van der Waals surface area contributed by atoms with E-state index in [0.717, 1.165) is 23.5 Å². The molecular weight excluding hydrogens is 339 g/mol. The smallest absolute Gasteiger partial charge is 0.171 e. The van der Waals surface area contributed by atoms with Crippen molar-refractivity contribution in [2.24, 2.45) is 0 Å². The molecule has 0 bridgehead atoms. The van der Waals surface area contributed by atoms with Crippen LogP contribution in [-0.2, 0) is 12.8 Å². The molecule has 0 spiro atoms. The molecule has 0 amide bonds. The van der Waals surface area contributed by atoms with Crippen LogP contribution < -0.4 is 10.6 Å². The van der Waals surface area contributed by atoms with Gasteiger partial charge in [-0.25, -0.2) is 4.98 Å². The third kappa shape index (κ3) is 4.53. The second-order valence-electron chi connectivity index (χ2n) is 4.55. The topological polar surface area (TPSA) is 49.8 Å². The Kier molecular flexibility index (Phi) is 6.36. The minimum atomic E-state index is 0.489. The average Bonchev–Trinajstić information content (AvgIpc) is 2.52.